The van der Waals surface area contributed by atoms with Crippen molar-refractivity contribution in [3.8, 4) is 0 Å². The molecule has 0 radical (unpaired) electrons. The van der Waals surface area contributed by atoms with Crippen LogP contribution in [-0.2, 0) is 0 Å². The molecule has 150 valence electrons. The van der Waals surface area contributed by atoms with E-state index in [4.69, 9.17) is 4.99 Å². The van der Waals surface area contributed by atoms with E-state index in [1.807, 2.05) is 12.1 Å². The molecule has 0 saturated carbocycles. The fraction of sp³-hybridized carbons (Fsp3) is 0.375. The minimum Gasteiger partial charge on any atom is -0.346 e. The van der Waals surface area contributed by atoms with E-state index < -0.39 is 0 Å². The number of allylic oxidation sites excluding steroid dienone is 3. The molecule has 2 atom stereocenters. The summed E-state index contributed by atoms with van der Waals surface area (Å²) in [6.07, 6.45) is 10.5. The number of hydrogen-bond donors (Lipinski definition) is 0. The van der Waals surface area contributed by atoms with Crippen molar-refractivity contribution >= 4 is 11.4 Å². The first-order valence-corrected chi connectivity index (χ1v) is 10.4. The molecule has 4 aliphatic rings. The zero-order valence-corrected chi connectivity index (χ0v) is 16.6. The van der Waals surface area contributed by atoms with Gasteiger partial charge in [-0.1, -0.05) is 18.2 Å². The SMILES string of the molecule is CC1CCC2=CC(F)=CC3=CC2N1C(CN1CC=C(c2ccc(F)cc2)CC1)=N3. The Bertz CT molecular complexity index is 968. The molecule has 1 aromatic rings. The molecule has 0 amide bonds. The standard InChI is InChI=1S/C24H25F2N3/c1-16-2-3-19-12-21(26)13-22-14-23(19)29(16)24(27-22)15-28-10-8-18(9-11-28)17-4-6-20(25)7-5-17/h4-8,12-14,16,23H,2-3,9-11,15H2,1H3. The predicted octanol–water partition coefficient (Wildman–Crippen LogP) is 4.86. The largest absolute Gasteiger partial charge is 0.346 e. The van der Waals surface area contributed by atoms with Crippen LogP contribution in [0, 0.1) is 5.82 Å². The van der Waals surface area contributed by atoms with Crippen molar-refractivity contribution in [2.24, 2.45) is 4.99 Å². The lowest BCUT2D eigenvalue weighted by Crippen LogP contribution is -2.54. The number of benzene rings is 1. The summed E-state index contributed by atoms with van der Waals surface area (Å²) < 4.78 is 27.4. The van der Waals surface area contributed by atoms with Gasteiger partial charge in [0.2, 0.25) is 0 Å². The van der Waals surface area contributed by atoms with Crippen molar-refractivity contribution < 1.29 is 8.78 Å². The first-order valence-electron chi connectivity index (χ1n) is 10.4. The van der Waals surface area contributed by atoms with Gasteiger partial charge in [0, 0.05) is 19.1 Å². The van der Waals surface area contributed by atoms with Gasteiger partial charge in [0.05, 0.1) is 18.3 Å². The minimum atomic E-state index is -0.201. The van der Waals surface area contributed by atoms with Crippen LogP contribution >= 0.6 is 0 Å². The monoisotopic (exact) mass is 393 g/mol. The second kappa shape index (κ2) is 7.38. The lowest BCUT2D eigenvalue weighted by atomic mass is 9.89. The second-order valence-electron chi connectivity index (χ2n) is 8.33. The molecule has 3 aliphatic heterocycles. The highest BCUT2D eigenvalue weighted by Gasteiger charge is 2.36. The fourth-order valence-electron chi connectivity index (χ4n) is 4.82. The molecule has 3 nitrogen and oxygen atoms in total. The van der Waals surface area contributed by atoms with Gasteiger partial charge in [0.25, 0.3) is 0 Å². The van der Waals surface area contributed by atoms with Gasteiger partial charge in [0.15, 0.2) is 0 Å². The molecule has 1 aromatic carbocycles. The zero-order chi connectivity index (χ0) is 20.0. The van der Waals surface area contributed by atoms with E-state index in [0.29, 0.717) is 6.04 Å². The third-order valence-corrected chi connectivity index (χ3v) is 6.37. The normalized spacial score (nSPS) is 26.7. The molecular weight excluding hydrogens is 368 g/mol. The molecule has 1 saturated heterocycles. The fourth-order valence-corrected chi connectivity index (χ4v) is 4.82. The highest BCUT2D eigenvalue weighted by molar-refractivity contribution is 5.88. The summed E-state index contributed by atoms with van der Waals surface area (Å²) in [6, 6.07) is 7.26. The molecule has 0 spiro atoms. The topological polar surface area (TPSA) is 18.8 Å². The molecule has 0 aromatic heterocycles. The average molecular weight is 393 g/mol. The lowest BCUT2D eigenvalue weighted by molar-refractivity contribution is 0.234. The number of rotatable bonds is 3. The Hall–Kier alpha value is -2.53. The van der Waals surface area contributed by atoms with E-state index in [1.54, 1.807) is 12.2 Å². The van der Waals surface area contributed by atoms with Crippen LogP contribution in [0.2, 0.25) is 0 Å². The molecular formula is C24H25F2N3. The number of piperidine rings is 1. The maximum atomic E-state index is 14.2. The van der Waals surface area contributed by atoms with Crippen molar-refractivity contribution in [3.63, 3.8) is 0 Å². The Kier molecular flexibility index (Phi) is 4.70. The van der Waals surface area contributed by atoms with Crippen molar-refractivity contribution in [3.05, 3.63) is 77.0 Å². The van der Waals surface area contributed by atoms with Gasteiger partial charge in [-0.2, -0.15) is 0 Å². The lowest BCUT2D eigenvalue weighted by Gasteiger charge is -2.45. The molecule has 1 aliphatic carbocycles. The van der Waals surface area contributed by atoms with Crippen LogP contribution < -0.4 is 0 Å². The Balaban J connectivity index is 1.35. The quantitative estimate of drug-likeness (QED) is 0.731. The first kappa shape index (κ1) is 18.5. The van der Waals surface area contributed by atoms with E-state index in [2.05, 4.69) is 28.9 Å². The van der Waals surface area contributed by atoms with Crippen molar-refractivity contribution in [1.82, 2.24) is 9.80 Å². The summed E-state index contributed by atoms with van der Waals surface area (Å²) in [4.78, 5) is 9.58. The Morgan fingerprint density at radius 3 is 2.69 bits per heavy atom. The predicted molar refractivity (Wildman–Crippen MR) is 113 cm³/mol. The van der Waals surface area contributed by atoms with E-state index in [-0.39, 0.29) is 17.7 Å². The molecule has 2 unspecified atom stereocenters. The molecule has 29 heavy (non-hydrogen) atoms. The van der Waals surface area contributed by atoms with Crippen LogP contribution in [0.3, 0.4) is 0 Å². The Morgan fingerprint density at radius 2 is 1.93 bits per heavy atom. The third-order valence-electron chi connectivity index (χ3n) is 6.37. The van der Waals surface area contributed by atoms with Gasteiger partial charge >= 0.3 is 0 Å². The first-order chi connectivity index (χ1) is 14.1. The maximum Gasteiger partial charge on any atom is 0.125 e. The van der Waals surface area contributed by atoms with Crippen LogP contribution in [0.4, 0.5) is 8.78 Å². The van der Waals surface area contributed by atoms with E-state index in [9.17, 15) is 8.78 Å². The summed E-state index contributed by atoms with van der Waals surface area (Å²) in [6.45, 7) is 4.77. The minimum absolute atomic E-state index is 0.126. The zero-order valence-electron chi connectivity index (χ0n) is 16.6. The van der Waals surface area contributed by atoms with Crippen LogP contribution in [-0.4, -0.2) is 47.4 Å². The summed E-state index contributed by atoms with van der Waals surface area (Å²) in [7, 11) is 0. The Morgan fingerprint density at radius 1 is 1.10 bits per heavy atom. The highest BCUT2D eigenvalue weighted by Crippen LogP contribution is 2.36. The number of aliphatic imine (C=N–C) groups is 1. The molecule has 2 bridgehead atoms. The summed E-state index contributed by atoms with van der Waals surface area (Å²) >= 11 is 0. The van der Waals surface area contributed by atoms with Gasteiger partial charge in [-0.15, -0.1) is 0 Å². The van der Waals surface area contributed by atoms with Crippen LogP contribution in [0.5, 0.6) is 0 Å². The maximum absolute atomic E-state index is 14.2. The summed E-state index contributed by atoms with van der Waals surface area (Å²) in [5.41, 5.74) is 4.25. The smallest absolute Gasteiger partial charge is 0.125 e. The Labute approximate surface area is 170 Å². The number of nitrogens with zero attached hydrogens (tertiary/aromatic N) is 3. The van der Waals surface area contributed by atoms with E-state index in [1.165, 1.54) is 17.7 Å². The number of hydrogen-bond acceptors (Lipinski definition) is 3. The van der Waals surface area contributed by atoms with Gasteiger partial charge in [-0.05, 0) is 73.3 Å². The van der Waals surface area contributed by atoms with Gasteiger partial charge in [-0.25, -0.2) is 13.8 Å². The second-order valence-corrected chi connectivity index (χ2v) is 8.33. The molecule has 5 rings (SSSR count). The number of amidine groups is 1. The van der Waals surface area contributed by atoms with E-state index >= 15 is 0 Å². The molecule has 1 fully saturated rings. The van der Waals surface area contributed by atoms with Gasteiger partial charge < -0.3 is 4.90 Å². The van der Waals surface area contributed by atoms with E-state index in [0.717, 1.165) is 61.6 Å². The summed E-state index contributed by atoms with van der Waals surface area (Å²) in [5, 5.41) is 0. The van der Waals surface area contributed by atoms with Crippen LogP contribution in [0.15, 0.2) is 70.7 Å². The van der Waals surface area contributed by atoms with Crippen molar-refractivity contribution in [2.75, 3.05) is 19.6 Å². The molecule has 0 N–H and O–H groups in total. The van der Waals surface area contributed by atoms with Crippen LogP contribution in [0.1, 0.15) is 31.7 Å². The summed E-state index contributed by atoms with van der Waals surface area (Å²) in [5.74, 6) is 0.640. The van der Waals surface area contributed by atoms with Crippen molar-refractivity contribution in [2.45, 2.75) is 38.3 Å². The molecule has 3 heterocycles. The van der Waals surface area contributed by atoms with Gasteiger partial charge in [-0.3, -0.25) is 4.90 Å². The highest BCUT2D eigenvalue weighted by atomic mass is 19.1. The van der Waals surface area contributed by atoms with Gasteiger partial charge in [0.1, 0.15) is 17.5 Å². The number of halogens is 2. The molecule has 5 heteroatoms. The van der Waals surface area contributed by atoms with Crippen molar-refractivity contribution in [1.29, 1.82) is 0 Å². The van der Waals surface area contributed by atoms with Crippen LogP contribution in [0.25, 0.3) is 5.57 Å². The average Bonchev–Trinajstić information content (AvgIpc) is 2.85. The third kappa shape index (κ3) is 3.60.